The highest BCUT2D eigenvalue weighted by Crippen LogP contribution is 2.20. The zero-order valence-electron chi connectivity index (χ0n) is 11.3. The number of likely N-dealkylation sites (N-methyl/N-ethyl adjacent to an activating group) is 3. The van der Waals surface area contributed by atoms with Gasteiger partial charge in [0.2, 0.25) is 0 Å². The fourth-order valence-corrected chi connectivity index (χ4v) is 2.72. The van der Waals surface area contributed by atoms with Crippen LogP contribution in [0.2, 0.25) is 0 Å². The molecule has 0 amide bonds. The van der Waals surface area contributed by atoms with Crippen molar-refractivity contribution in [3.63, 3.8) is 0 Å². The Labute approximate surface area is 105 Å². The average Bonchev–Trinajstić information content (AvgIpc) is 2.36. The number of hydrogen-bond donors (Lipinski definition) is 1. The maximum atomic E-state index is 5.82. The second-order valence-electron chi connectivity index (χ2n) is 5.17. The van der Waals surface area contributed by atoms with Gasteiger partial charge in [-0.25, -0.2) is 0 Å². The quantitative estimate of drug-likeness (QED) is 0.777. The Bertz CT molecular complexity index is 280. The lowest BCUT2D eigenvalue weighted by Crippen LogP contribution is -2.59. The van der Waals surface area contributed by atoms with Gasteiger partial charge in [-0.3, -0.25) is 4.90 Å². The number of nitrogens with zero attached hydrogens (tertiary/aromatic N) is 2. The van der Waals surface area contributed by atoms with Crippen molar-refractivity contribution in [3.8, 4) is 0 Å². The van der Waals surface area contributed by atoms with E-state index < -0.39 is 0 Å². The molecular weight excluding hydrogens is 214 g/mol. The Hall–Kier alpha value is -0.580. The maximum absolute atomic E-state index is 5.82. The lowest BCUT2D eigenvalue weighted by molar-refractivity contribution is 0.0711. The van der Waals surface area contributed by atoms with Crippen molar-refractivity contribution in [2.24, 2.45) is 0 Å². The van der Waals surface area contributed by atoms with Crippen LogP contribution in [-0.2, 0) is 4.74 Å². The van der Waals surface area contributed by atoms with Gasteiger partial charge in [0.1, 0.15) is 5.76 Å². The van der Waals surface area contributed by atoms with E-state index in [1.165, 1.54) is 0 Å². The van der Waals surface area contributed by atoms with Crippen molar-refractivity contribution < 1.29 is 4.74 Å². The fourth-order valence-electron chi connectivity index (χ4n) is 2.72. The Kier molecular flexibility index (Phi) is 4.42. The highest BCUT2D eigenvalue weighted by atomic mass is 16.5. The number of nitrogens with one attached hydrogen (secondary N) is 1. The van der Waals surface area contributed by atoms with Crippen molar-refractivity contribution in [2.45, 2.75) is 24.9 Å². The first-order valence-corrected chi connectivity index (χ1v) is 6.61. The van der Waals surface area contributed by atoms with Gasteiger partial charge >= 0.3 is 0 Å². The Balaban J connectivity index is 2.07. The van der Waals surface area contributed by atoms with Gasteiger partial charge in [-0.05, 0) is 40.1 Å². The predicted octanol–water partition coefficient (Wildman–Crippen LogP) is 0.515. The van der Waals surface area contributed by atoms with Crippen molar-refractivity contribution in [2.75, 3.05) is 47.4 Å². The monoisotopic (exact) mass is 239 g/mol. The molecule has 0 saturated carbocycles. The topological polar surface area (TPSA) is 27.7 Å². The first-order chi connectivity index (χ1) is 8.22. The molecule has 98 valence electrons. The molecule has 1 saturated heterocycles. The van der Waals surface area contributed by atoms with E-state index in [-0.39, 0.29) is 0 Å². The molecule has 1 N–H and O–H groups in total. The van der Waals surface area contributed by atoms with E-state index >= 15 is 0 Å². The number of ether oxygens (including phenoxy) is 1. The first kappa shape index (κ1) is 12.9. The van der Waals surface area contributed by atoms with Crippen LogP contribution in [0.5, 0.6) is 0 Å². The van der Waals surface area contributed by atoms with Crippen LogP contribution in [0.4, 0.5) is 0 Å². The lowest BCUT2D eigenvalue weighted by atomic mass is 10.0. The number of allylic oxidation sites excluding steroid dienone is 1. The van der Waals surface area contributed by atoms with Crippen molar-refractivity contribution in [1.82, 2.24) is 15.1 Å². The van der Waals surface area contributed by atoms with Gasteiger partial charge in [0.05, 0.1) is 12.6 Å². The third-order valence-corrected chi connectivity index (χ3v) is 3.86. The molecule has 2 heterocycles. The molecule has 4 heteroatoms. The molecule has 0 spiro atoms. The summed E-state index contributed by atoms with van der Waals surface area (Å²) in [4.78, 5) is 4.85. The highest BCUT2D eigenvalue weighted by molar-refractivity contribution is 5.10. The molecule has 0 aromatic heterocycles. The Morgan fingerprint density at radius 3 is 2.88 bits per heavy atom. The van der Waals surface area contributed by atoms with Gasteiger partial charge in [-0.2, -0.15) is 0 Å². The van der Waals surface area contributed by atoms with E-state index in [2.05, 4.69) is 35.3 Å². The van der Waals surface area contributed by atoms with Crippen LogP contribution in [0.25, 0.3) is 0 Å². The third kappa shape index (κ3) is 3.00. The second-order valence-corrected chi connectivity index (χ2v) is 5.17. The molecule has 0 aliphatic carbocycles. The Morgan fingerprint density at radius 2 is 2.24 bits per heavy atom. The average molecular weight is 239 g/mol. The van der Waals surface area contributed by atoms with Crippen molar-refractivity contribution in [1.29, 1.82) is 0 Å². The second kappa shape index (κ2) is 5.85. The summed E-state index contributed by atoms with van der Waals surface area (Å²) in [5.74, 6) is 1.14. The van der Waals surface area contributed by atoms with Crippen molar-refractivity contribution >= 4 is 0 Å². The molecule has 1 fully saturated rings. The molecular formula is C13H25N3O. The van der Waals surface area contributed by atoms with Gasteiger partial charge < -0.3 is 15.0 Å². The smallest absolute Gasteiger partial charge is 0.111 e. The largest absolute Gasteiger partial charge is 0.497 e. The SMILES string of the molecule is CNC(C1=CCCCO1)C1CN(C)CCN1C. The van der Waals surface area contributed by atoms with Crippen LogP contribution in [0.15, 0.2) is 11.8 Å². The standard InChI is InChI=1S/C13H25N3O/c1-14-13(12-6-4-5-9-17-12)11-10-15(2)7-8-16(11)3/h6,11,13-14H,4-5,7-10H2,1-3H3. The number of piperazine rings is 1. The normalized spacial score (nSPS) is 29.6. The summed E-state index contributed by atoms with van der Waals surface area (Å²) < 4.78 is 5.82. The van der Waals surface area contributed by atoms with E-state index in [1.54, 1.807) is 0 Å². The van der Waals surface area contributed by atoms with Crippen LogP contribution in [-0.4, -0.2) is 69.3 Å². The molecule has 0 radical (unpaired) electrons. The third-order valence-electron chi connectivity index (χ3n) is 3.86. The van der Waals surface area contributed by atoms with Gasteiger partial charge in [0.15, 0.2) is 0 Å². The van der Waals surface area contributed by atoms with E-state index in [1.807, 2.05) is 7.05 Å². The van der Waals surface area contributed by atoms with E-state index in [0.717, 1.165) is 44.8 Å². The van der Waals surface area contributed by atoms with Crippen molar-refractivity contribution in [3.05, 3.63) is 11.8 Å². The Morgan fingerprint density at radius 1 is 1.41 bits per heavy atom. The summed E-state index contributed by atoms with van der Waals surface area (Å²) in [7, 11) is 6.44. The van der Waals surface area contributed by atoms with Crippen LogP contribution < -0.4 is 5.32 Å². The predicted molar refractivity (Wildman–Crippen MR) is 70.0 cm³/mol. The maximum Gasteiger partial charge on any atom is 0.111 e. The molecule has 0 bridgehead atoms. The minimum Gasteiger partial charge on any atom is -0.497 e. The van der Waals surface area contributed by atoms with Gasteiger partial charge in [0.25, 0.3) is 0 Å². The van der Waals surface area contributed by atoms with Gasteiger partial charge in [0, 0.05) is 25.7 Å². The molecule has 0 aromatic rings. The lowest BCUT2D eigenvalue weighted by Gasteiger charge is -2.42. The molecule has 2 rings (SSSR count). The summed E-state index contributed by atoms with van der Waals surface area (Å²) in [6.45, 7) is 4.26. The zero-order chi connectivity index (χ0) is 12.3. The summed E-state index contributed by atoms with van der Waals surface area (Å²) in [6, 6.07) is 0.825. The first-order valence-electron chi connectivity index (χ1n) is 6.61. The van der Waals surface area contributed by atoms with Gasteiger partial charge in [-0.1, -0.05) is 0 Å². The number of hydrogen-bond acceptors (Lipinski definition) is 4. The minimum absolute atomic E-state index is 0.322. The summed E-state index contributed by atoms with van der Waals surface area (Å²) >= 11 is 0. The fraction of sp³-hybridized carbons (Fsp3) is 0.846. The molecule has 2 atom stereocenters. The molecule has 2 aliphatic heterocycles. The van der Waals surface area contributed by atoms with Gasteiger partial charge in [-0.15, -0.1) is 0 Å². The van der Waals surface area contributed by atoms with Crippen LogP contribution in [0.3, 0.4) is 0 Å². The molecule has 4 nitrogen and oxygen atoms in total. The summed E-state index contributed by atoms with van der Waals surface area (Å²) in [5.41, 5.74) is 0. The highest BCUT2D eigenvalue weighted by Gasteiger charge is 2.32. The van der Waals surface area contributed by atoms with Crippen LogP contribution in [0.1, 0.15) is 12.8 Å². The van der Waals surface area contributed by atoms with E-state index in [0.29, 0.717) is 12.1 Å². The van der Waals surface area contributed by atoms with E-state index in [4.69, 9.17) is 4.74 Å². The van der Waals surface area contributed by atoms with Crippen LogP contribution >= 0.6 is 0 Å². The van der Waals surface area contributed by atoms with E-state index in [9.17, 15) is 0 Å². The summed E-state index contributed by atoms with van der Waals surface area (Å²) in [5, 5.41) is 3.43. The molecule has 2 aliphatic rings. The number of rotatable bonds is 3. The molecule has 2 unspecified atom stereocenters. The minimum atomic E-state index is 0.322. The zero-order valence-corrected chi connectivity index (χ0v) is 11.3. The summed E-state index contributed by atoms with van der Waals surface area (Å²) in [6.07, 6.45) is 4.56. The molecule has 17 heavy (non-hydrogen) atoms. The van der Waals surface area contributed by atoms with Crippen LogP contribution in [0, 0.1) is 0 Å². The molecule has 0 aromatic carbocycles.